The Bertz CT molecular complexity index is 1310. The zero-order valence-corrected chi connectivity index (χ0v) is 18.9. The lowest BCUT2D eigenvalue weighted by Crippen LogP contribution is -2.31. The van der Waals surface area contributed by atoms with Crippen molar-refractivity contribution >= 4 is 42.4 Å². The molecule has 4 aromatic rings. The number of benzene rings is 2. The molecule has 2 aromatic carbocycles. The molecule has 0 atom stereocenters. The maximum atomic E-state index is 13.3. The molecule has 0 aliphatic heterocycles. The first kappa shape index (κ1) is 21.3. The summed E-state index contributed by atoms with van der Waals surface area (Å²) in [4.78, 5) is 19.8. The second kappa shape index (κ2) is 8.64. The van der Waals surface area contributed by atoms with E-state index in [1.807, 2.05) is 18.2 Å². The van der Waals surface area contributed by atoms with Gasteiger partial charge in [-0.05, 0) is 53.9 Å². The fourth-order valence-electron chi connectivity index (χ4n) is 3.24. The van der Waals surface area contributed by atoms with Gasteiger partial charge in [0, 0.05) is 6.26 Å². The van der Waals surface area contributed by atoms with Crippen molar-refractivity contribution < 1.29 is 17.6 Å². The number of hydrogen-bond donors (Lipinski definition) is 0. The lowest BCUT2D eigenvalue weighted by molar-refractivity contribution is -0.118. The molecule has 0 aliphatic carbocycles. The minimum absolute atomic E-state index is 0.126. The van der Waals surface area contributed by atoms with Gasteiger partial charge >= 0.3 is 0 Å². The van der Waals surface area contributed by atoms with Gasteiger partial charge in [-0.1, -0.05) is 36.5 Å². The van der Waals surface area contributed by atoms with Crippen LogP contribution in [0.5, 0.6) is 0 Å². The smallest absolute Gasteiger partial charge is 0.233 e. The van der Waals surface area contributed by atoms with Crippen LogP contribution in [0, 0.1) is 0 Å². The predicted molar refractivity (Wildman–Crippen MR) is 122 cm³/mol. The van der Waals surface area contributed by atoms with E-state index < -0.39 is 9.84 Å². The molecule has 2 heterocycles. The van der Waals surface area contributed by atoms with Crippen molar-refractivity contribution in [1.82, 2.24) is 4.98 Å². The highest BCUT2D eigenvalue weighted by Gasteiger charge is 2.22. The summed E-state index contributed by atoms with van der Waals surface area (Å²) in [6, 6.07) is 16.1. The minimum atomic E-state index is -3.28. The summed E-state index contributed by atoms with van der Waals surface area (Å²) in [6.07, 6.45) is 3.80. The summed E-state index contributed by atoms with van der Waals surface area (Å²) in [7, 11) is -3.28. The Hall–Kier alpha value is -2.97. The van der Waals surface area contributed by atoms with Gasteiger partial charge in [-0.3, -0.25) is 9.69 Å². The summed E-state index contributed by atoms with van der Waals surface area (Å²) in [5.74, 6) is 0.521. The molecule has 4 rings (SSSR count). The molecule has 1 amide bonds. The number of hydrogen-bond acceptors (Lipinski definition) is 6. The Balaban J connectivity index is 1.64. The molecule has 0 saturated carbocycles. The number of carbonyl (C=O) groups is 1. The Morgan fingerprint density at radius 1 is 1.10 bits per heavy atom. The van der Waals surface area contributed by atoms with Crippen molar-refractivity contribution in [2.24, 2.45) is 0 Å². The highest BCUT2D eigenvalue weighted by atomic mass is 32.2. The van der Waals surface area contributed by atoms with Gasteiger partial charge in [-0.15, -0.1) is 0 Å². The number of rotatable bonds is 7. The molecule has 0 aliphatic rings. The largest absolute Gasteiger partial charge is 0.467 e. The third-order valence-corrected chi connectivity index (χ3v) is 7.15. The van der Waals surface area contributed by atoms with E-state index in [2.05, 4.69) is 18.0 Å². The monoisotopic (exact) mass is 454 g/mol. The number of aryl methyl sites for hydroxylation is 1. The highest BCUT2D eigenvalue weighted by molar-refractivity contribution is 7.90. The number of carbonyl (C=O) groups excluding carboxylic acids is 1. The highest BCUT2D eigenvalue weighted by Crippen LogP contribution is 2.31. The van der Waals surface area contributed by atoms with Crippen LogP contribution < -0.4 is 4.90 Å². The van der Waals surface area contributed by atoms with E-state index in [0.717, 1.165) is 28.5 Å². The quantitative estimate of drug-likeness (QED) is 0.407. The number of amides is 1. The van der Waals surface area contributed by atoms with E-state index in [-0.39, 0.29) is 23.8 Å². The third-order valence-electron chi connectivity index (χ3n) is 4.98. The van der Waals surface area contributed by atoms with Crippen molar-refractivity contribution in [2.45, 2.75) is 31.2 Å². The molecule has 0 radical (unpaired) electrons. The van der Waals surface area contributed by atoms with Crippen LogP contribution in [0.1, 0.15) is 23.8 Å². The van der Waals surface area contributed by atoms with E-state index in [1.165, 1.54) is 29.0 Å². The molecule has 0 N–H and O–H groups in total. The second-order valence-corrected chi connectivity index (χ2v) is 10.3. The van der Waals surface area contributed by atoms with Crippen LogP contribution in [-0.4, -0.2) is 25.6 Å². The minimum Gasteiger partial charge on any atom is -0.467 e. The van der Waals surface area contributed by atoms with Gasteiger partial charge in [0.15, 0.2) is 15.0 Å². The second-order valence-electron chi connectivity index (χ2n) is 7.30. The van der Waals surface area contributed by atoms with Gasteiger partial charge in [0.25, 0.3) is 0 Å². The molecular formula is C23H22N2O4S2. The summed E-state index contributed by atoms with van der Waals surface area (Å²) in [5.41, 5.74) is 2.81. The number of furan rings is 1. The van der Waals surface area contributed by atoms with Gasteiger partial charge in [-0.2, -0.15) is 0 Å². The zero-order chi connectivity index (χ0) is 22.0. The third kappa shape index (κ3) is 4.86. The SMILES string of the molecule is CCc1ccc2nc(N(Cc3ccco3)C(=O)Cc3ccc(S(C)(=O)=O)cc3)sc2c1. The van der Waals surface area contributed by atoms with Crippen molar-refractivity contribution in [3.05, 3.63) is 77.7 Å². The number of aromatic nitrogens is 1. The van der Waals surface area contributed by atoms with Crippen LogP contribution >= 0.6 is 11.3 Å². The number of sulfone groups is 1. The summed E-state index contributed by atoms with van der Waals surface area (Å²) >= 11 is 1.47. The van der Waals surface area contributed by atoms with E-state index in [0.29, 0.717) is 10.9 Å². The van der Waals surface area contributed by atoms with Crippen LogP contribution in [0.15, 0.2) is 70.2 Å². The molecule has 6 nitrogen and oxygen atoms in total. The fraction of sp³-hybridized carbons (Fsp3) is 0.217. The van der Waals surface area contributed by atoms with E-state index >= 15 is 0 Å². The van der Waals surface area contributed by atoms with Gasteiger partial charge in [0.2, 0.25) is 5.91 Å². The molecule has 0 unspecified atom stereocenters. The topological polar surface area (TPSA) is 80.5 Å². The first-order chi connectivity index (χ1) is 14.8. The standard InChI is InChI=1S/C23H22N2O4S2/c1-3-16-8-11-20-21(13-16)30-23(24-20)25(15-18-5-4-12-29-18)22(26)14-17-6-9-19(10-7-17)31(2,27)28/h4-13H,3,14-15H2,1-2H3. The first-order valence-electron chi connectivity index (χ1n) is 9.84. The lowest BCUT2D eigenvalue weighted by atomic mass is 10.1. The van der Waals surface area contributed by atoms with Gasteiger partial charge in [-0.25, -0.2) is 13.4 Å². The zero-order valence-electron chi connectivity index (χ0n) is 17.2. The van der Waals surface area contributed by atoms with Gasteiger partial charge < -0.3 is 4.42 Å². The van der Waals surface area contributed by atoms with Crippen LogP contribution in [0.4, 0.5) is 5.13 Å². The molecule has 2 aromatic heterocycles. The number of fused-ring (bicyclic) bond motifs is 1. The van der Waals surface area contributed by atoms with Crippen molar-refractivity contribution in [1.29, 1.82) is 0 Å². The maximum Gasteiger partial charge on any atom is 0.233 e. The van der Waals surface area contributed by atoms with Crippen LogP contribution in [0.3, 0.4) is 0 Å². The van der Waals surface area contributed by atoms with Crippen LogP contribution in [-0.2, 0) is 34.0 Å². The Kier molecular flexibility index (Phi) is 5.93. The van der Waals surface area contributed by atoms with Crippen molar-refractivity contribution in [2.75, 3.05) is 11.2 Å². The Labute approximate surface area is 185 Å². The average molecular weight is 455 g/mol. The summed E-state index contributed by atoms with van der Waals surface area (Å²) < 4.78 is 29.8. The summed E-state index contributed by atoms with van der Waals surface area (Å²) in [6.45, 7) is 2.37. The molecule has 0 fully saturated rings. The Morgan fingerprint density at radius 3 is 2.48 bits per heavy atom. The molecular weight excluding hydrogens is 432 g/mol. The number of anilines is 1. The predicted octanol–water partition coefficient (Wildman–Crippen LogP) is 4.63. The lowest BCUT2D eigenvalue weighted by Gasteiger charge is -2.19. The van der Waals surface area contributed by atoms with Gasteiger partial charge in [0.1, 0.15) is 5.76 Å². The molecule has 0 spiro atoms. The van der Waals surface area contributed by atoms with Crippen LogP contribution in [0.25, 0.3) is 10.2 Å². The molecule has 8 heteroatoms. The van der Waals surface area contributed by atoms with Gasteiger partial charge in [0.05, 0.1) is 34.3 Å². The normalized spacial score (nSPS) is 11.7. The van der Waals surface area contributed by atoms with Crippen molar-refractivity contribution in [3.63, 3.8) is 0 Å². The first-order valence-corrected chi connectivity index (χ1v) is 12.6. The Morgan fingerprint density at radius 2 is 1.84 bits per heavy atom. The molecule has 0 bridgehead atoms. The van der Waals surface area contributed by atoms with E-state index in [9.17, 15) is 13.2 Å². The molecule has 0 saturated heterocycles. The van der Waals surface area contributed by atoms with E-state index in [1.54, 1.807) is 29.4 Å². The summed E-state index contributed by atoms with van der Waals surface area (Å²) in [5, 5.41) is 0.609. The molecule has 31 heavy (non-hydrogen) atoms. The number of nitrogens with zero attached hydrogens (tertiary/aromatic N) is 2. The van der Waals surface area contributed by atoms with Crippen LogP contribution in [0.2, 0.25) is 0 Å². The maximum absolute atomic E-state index is 13.3. The molecule has 160 valence electrons. The van der Waals surface area contributed by atoms with E-state index in [4.69, 9.17) is 4.42 Å². The van der Waals surface area contributed by atoms with Crippen molar-refractivity contribution in [3.8, 4) is 0 Å². The fourth-order valence-corrected chi connectivity index (χ4v) is 4.91. The average Bonchev–Trinajstić information content (AvgIpc) is 3.40. The number of thiazole rings is 1.